The summed E-state index contributed by atoms with van der Waals surface area (Å²) in [7, 11) is 0. The van der Waals surface area contributed by atoms with Gasteiger partial charge in [-0.1, -0.05) is 30.3 Å². The first kappa shape index (κ1) is 18.3. The normalized spacial score (nSPS) is 16.4. The number of aliphatic carboxylic acids is 1. The summed E-state index contributed by atoms with van der Waals surface area (Å²) < 4.78 is 10.8. The second-order valence-corrected chi connectivity index (χ2v) is 7.21. The second-order valence-electron chi connectivity index (χ2n) is 7.21. The van der Waals surface area contributed by atoms with E-state index in [2.05, 4.69) is 0 Å². The number of ether oxygens (including phenoxy) is 2. The van der Waals surface area contributed by atoms with E-state index >= 15 is 0 Å². The molecular weight excluding hydrogens is 310 g/mol. The van der Waals surface area contributed by atoms with E-state index in [0.717, 1.165) is 5.56 Å². The van der Waals surface area contributed by atoms with Crippen LogP contribution in [0.5, 0.6) is 0 Å². The summed E-state index contributed by atoms with van der Waals surface area (Å²) >= 11 is 0. The van der Waals surface area contributed by atoms with E-state index in [1.165, 1.54) is 4.90 Å². The summed E-state index contributed by atoms with van der Waals surface area (Å²) in [5.41, 5.74) is -0.476. The highest BCUT2D eigenvalue weighted by Gasteiger charge is 2.52. The van der Waals surface area contributed by atoms with Crippen molar-refractivity contribution in [2.24, 2.45) is 5.41 Å². The zero-order valence-corrected chi connectivity index (χ0v) is 14.4. The first-order valence-corrected chi connectivity index (χ1v) is 8.05. The largest absolute Gasteiger partial charge is 0.481 e. The van der Waals surface area contributed by atoms with Gasteiger partial charge in [0, 0.05) is 19.7 Å². The smallest absolute Gasteiger partial charge is 0.410 e. The number of hydrogen-bond acceptors (Lipinski definition) is 4. The Labute approximate surface area is 142 Å². The van der Waals surface area contributed by atoms with E-state index < -0.39 is 23.1 Å². The van der Waals surface area contributed by atoms with E-state index in [9.17, 15) is 14.7 Å². The van der Waals surface area contributed by atoms with Gasteiger partial charge in [0.2, 0.25) is 0 Å². The molecule has 1 amide bonds. The van der Waals surface area contributed by atoms with Gasteiger partial charge in [-0.3, -0.25) is 4.79 Å². The van der Waals surface area contributed by atoms with E-state index in [1.807, 2.05) is 30.3 Å². The molecule has 1 aliphatic rings. The van der Waals surface area contributed by atoms with E-state index in [1.54, 1.807) is 20.8 Å². The fourth-order valence-corrected chi connectivity index (χ4v) is 2.57. The Hall–Kier alpha value is -2.08. The molecule has 0 radical (unpaired) electrons. The minimum Gasteiger partial charge on any atom is -0.481 e. The van der Waals surface area contributed by atoms with E-state index in [0.29, 0.717) is 19.6 Å². The number of amides is 1. The number of carboxylic acids is 1. The molecule has 1 fully saturated rings. The molecular formula is C18H25NO5. The highest BCUT2D eigenvalue weighted by Crippen LogP contribution is 2.35. The monoisotopic (exact) mass is 335 g/mol. The summed E-state index contributed by atoms with van der Waals surface area (Å²) in [4.78, 5) is 25.0. The predicted molar refractivity (Wildman–Crippen MR) is 88.6 cm³/mol. The number of carboxylic acid groups (broad SMARTS) is 1. The van der Waals surface area contributed by atoms with Gasteiger partial charge in [-0.2, -0.15) is 0 Å². The Bertz CT molecular complexity index is 573. The number of benzene rings is 1. The molecule has 1 aromatic carbocycles. The Morgan fingerprint density at radius 1 is 1.21 bits per heavy atom. The topological polar surface area (TPSA) is 76.1 Å². The van der Waals surface area contributed by atoms with Crippen molar-refractivity contribution in [2.45, 2.75) is 39.4 Å². The third-order valence-corrected chi connectivity index (χ3v) is 3.93. The molecule has 0 atom stereocenters. The lowest BCUT2D eigenvalue weighted by molar-refractivity contribution is -0.161. The van der Waals surface area contributed by atoms with Gasteiger partial charge < -0.3 is 19.5 Å². The van der Waals surface area contributed by atoms with Crippen LogP contribution in [0.15, 0.2) is 30.3 Å². The molecule has 1 heterocycles. The van der Waals surface area contributed by atoms with E-state index in [-0.39, 0.29) is 13.1 Å². The first-order chi connectivity index (χ1) is 11.2. The average molecular weight is 335 g/mol. The molecule has 1 N–H and O–H groups in total. The molecule has 6 heteroatoms. The molecule has 1 saturated heterocycles. The predicted octanol–water partition coefficient (Wildman–Crippen LogP) is 2.92. The molecule has 0 unspecified atom stereocenters. The van der Waals surface area contributed by atoms with Crippen molar-refractivity contribution in [1.29, 1.82) is 0 Å². The first-order valence-electron chi connectivity index (χ1n) is 8.05. The van der Waals surface area contributed by atoms with Crippen molar-refractivity contribution in [3.63, 3.8) is 0 Å². The molecule has 2 rings (SSSR count). The molecule has 0 aliphatic carbocycles. The van der Waals surface area contributed by atoms with Crippen LogP contribution >= 0.6 is 0 Å². The molecule has 24 heavy (non-hydrogen) atoms. The van der Waals surface area contributed by atoms with Crippen LogP contribution in [0.4, 0.5) is 4.79 Å². The highest BCUT2D eigenvalue weighted by molar-refractivity contribution is 5.80. The molecule has 1 aromatic rings. The summed E-state index contributed by atoms with van der Waals surface area (Å²) in [6.07, 6.45) is -0.0985. The Morgan fingerprint density at radius 2 is 1.83 bits per heavy atom. The standard InChI is InChI=1S/C18H25NO5/c1-17(2,3)24-16(22)19-12-18(13-19,15(20)21)9-10-23-11-14-7-5-4-6-8-14/h4-8H,9-13H2,1-3H3,(H,20,21). The summed E-state index contributed by atoms with van der Waals surface area (Å²) in [5.74, 6) is -0.898. The summed E-state index contributed by atoms with van der Waals surface area (Å²) in [6.45, 7) is 6.46. The van der Waals surface area contributed by atoms with Crippen LogP contribution in [0.2, 0.25) is 0 Å². The van der Waals surface area contributed by atoms with Crippen LogP contribution in [0.3, 0.4) is 0 Å². The number of likely N-dealkylation sites (tertiary alicyclic amines) is 1. The lowest BCUT2D eigenvalue weighted by Crippen LogP contribution is -2.63. The van der Waals surface area contributed by atoms with Gasteiger partial charge in [0.1, 0.15) is 11.0 Å². The van der Waals surface area contributed by atoms with Gasteiger partial charge in [0.25, 0.3) is 0 Å². The Kier molecular flexibility index (Phi) is 5.49. The minimum absolute atomic E-state index is 0.159. The third kappa shape index (κ3) is 4.71. The lowest BCUT2D eigenvalue weighted by Gasteiger charge is -2.46. The maximum Gasteiger partial charge on any atom is 0.410 e. The van der Waals surface area contributed by atoms with Crippen molar-refractivity contribution in [3.8, 4) is 0 Å². The van der Waals surface area contributed by atoms with Crippen molar-refractivity contribution in [1.82, 2.24) is 4.90 Å². The summed E-state index contributed by atoms with van der Waals surface area (Å²) in [5, 5.41) is 9.50. The van der Waals surface area contributed by atoms with Crippen molar-refractivity contribution in [3.05, 3.63) is 35.9 Å². The van der Waals surface area contributed by atoms with Crippen LogP contribution in [-0.2, 0) is 20.9 Å². The Morgan fingerprint density at radius 3 is 2.38 bits per heavy atom. The van der Waals surface area contributed by atoms with Crippen LogP contribution in [0, 0.1) is 5.41 Å². The van der Waals surface area contributed by atoms with Crippen molar-refractivity contribution < 1.29 is 24.2 Å². The minimum atomic E-state index is -0.937. The van der Waals surface area contributed by atoms with Crippen molar-refractivity contribution in [2.75, 3.05) is 19.7 Å². The molecule has 132 valence electrons. The molecule has 6 nitrogen and oxygen atoms in total. The molecule has 0 spiro atoms. The number of carbonyl (C=O) groups excluding carboxylic acids is 1. The lowest BCUT2D eigenvalue weighted by atomic mass is 9.77. The van der Waals surface area contributed by atoms with Gasteiger partial charge >= 0.3 is 12.1 Å². The molecule has 0 aromatic heterocycles. The second kappa shape index (κ2) is 7.21. The third-order valence-electron chi connectivity index (χ3n) is 3.93. The number of hydrogen-bond donors (Lipinski definition) is 1. The maximum atomic E-state index is 11.9. The molecule has 0 saturated carbocycles. The van der Waals surface area contributed by atoms with Crippen LogP contribution in [-0.4, -0.2) is 47.4 Å². The van der Waals surface area contributed by atoms with Gasteiger partial charge in [-0.25, -0.2) is 4.79 Å². The SMILES string of the molecule is CC(C)(C)OC(=O)N1CC(CCOCc2ccccc2)(C(=O)O)C1. The fourth-order valence-electron chi connectivity index (χ4n) is 2.57. The number of nitrogens with zero attached hydrogens (tertiary/aromatic N) is 1. The summed E-state index contributed by atoms with van der Waals surface area (Å²) in [6, 6.07) is 9.72. The average Bonchev–Trinajstić information content (AvgIpc) is 2.44. The molecule has 0 bridgehead atoms. The zero-order valence-electron chi connectivity index (χ0n) is 14.4. The van der Waals surface area contributed by atoms with Gasteiger partial charge in [0.15, 0.2) is 0 Å². The van der Waals surface area contributed by atoms with Gasteiger partial charge in [0.05, 0.1) is 6.61 Å². The maximum absolute atomic E-state index is 11.9. The highest BCUT2D eigenvalue weighted by atomic mass is 16.6. The van der Waals surface area contributed by atoms with Crippen LogP contribution in [0.25, 0.3) is 0 Å². The van der Waals surface area contributed by atoms with Gasteiger partial charge in [-0.15, -0.1) is 0 Å². The fraction of sp³-hybridized carbons (Fsp3) is 0.556. The van der Waals surface area contributed by atoms with Crippen LogP contribution in [0.1, 0.15) is 32.8 Å². The molecule has 1 aliphatic heterocycles. The number of carbonyl (C=O) groups is 2. The van der Waals surface area contributed by atoms with Gasteiger partial charge in [-0.05, 0) is 32.8 Å². The quantitative estimate of drug-likeness (QED) is 0.809. The Balaban J connectivity index is 1.79. The van der Waals surface area contributed by atoms with Crippen molar-refractivity contribution >= 4 is 12.1 Å². The zero-order chi connectivity index (χ0) is 17.8. The number of rotatable bonds is 6. The van der Waals surface area contributed by atoms with Crippen LogP contribution < -0.4 is 0 Å². The van der Waals surface area contributed by atoms with E-state index in [4.69, 9.17) is 9.47 Å².